The van der Waals surface area contributed by atoms with Gasteiger partial charge in [-0.1, -0.05) is 33.1 Å². The van der Waals surface area contributed by atoms with Crippen LogP contribution in [-0.4, -0.2) is 34.7 Å². The molecular formula is C14H25NO4. The molecule has 1 atom stereocenters. The van der Waals surface area contributed by atoms with Crippen LogP contribution in [0.1, 0.15) is 52.4 Å². The number of amides is 1. The lowest BCUT2D eigenvalue weighted by Crippen LogP contribution is -2.45. The fourth-order valence-corrected chi connectivity index (χ4v) is 2.68. The van der Waals surface area contributed by atoms with E-state index >= 15 is 0 Å². The average molecular weight is 271 g/mol. The van der Waals surface area contributed by atoms with Crippen molar-refractivity contribution in [3.05, 3.63) is 0 Å². The van der Waals surface area contributed by atoms with Gasteiger partial charge in [0.2, 0.25) is 5.91 Å². The molecule has 0 radical (unpaired) electrons. The van der Waals surface area contributed by atoms with E-state index in [2.05, 4.69) is 5.32 Å². The van der Waals surface area contributed by atoms with E-state index in [-0.39, 0.29) is 30.9 Å². The van der Waals surface area contributed by atoms with Crippen LogP contribution < -0.4 is 5.32 Å². The highest BCUT2D eigenvalue weighted by Gasteiger charge is 2.41. The van der Waals surface area contributed by atoms with Crippen LogP contribution in [0.25, 0.3) is 0 Å². The van der Waals surface area contributed by atoms with Crippen LogP contribution in [0.2, 0.25) is 0 Å². The highest BCUT2D eigenvalue weighted by Crippen LogP contribution is 2.39. The summed E-state index contributed by atoms with van der Waals surface area (Å²) in [5.74, 6) is -1.01. The van der Waals surface area contributed by atoms with Gasteiger partial charge in [-0.15, -0.1) is 0 Å². The minimum Gasteiger partial charge on any atom is -0.481 e. The molecule has 0 aromatic carbocycles. The van der Waals surface area contributed by atoms with E-state index in [1.165, 1.54) is 0 Å². The van der Waals surface area contributed by atoms with Crippen LogP contribution in [0.5, 0.6) is 0 Å². The Morgan fingerprint density at radius 3 is 2.21 bits per heavy atom. The molecule has 0 spiro atoms. The molecule has 1 saturated carbocycles. The fourth-order valence-electron chi connectivity index (χ4n) is 2.68. The number of aliphatic carboxylic acids is 1. The quantitative estimate of drug-likeness (QED) is 0.684. The number of carboxylic acid groups (broad SMARTS) is 1. The monoisotopic (exact) mass is 271 g/mol. The number of carbonyl (C=O) groups excluding carboxylic acids is 1. The van der Waals surface area contributed by atoms with Gasteiger partial charge in [-0.2, -0.15) is 0 Å². The maximum absolute atomic E-state index is 12.0. The molecule has 0 heterocycles. The third-order valence-electron chi connectivity index (χ3n) is 4.11. The maximum Gasteiger partial charge on any atom is 0.310 e. The summed E-state index contributed by atoms with van der Waals surface area (Å²) in [5.41, 5.74) is -0.903. The number of aliphatic hydroxyl groups is 1. The van der Waals surface area contributed by atoms with Crippen molar-refractivity contribution in [2.24, 2.45) is 11.3 Å². The Hall–Kier alpha value is -1.10. The first-order valence-corrected chi connectivity index (χ1v) is 7.05. The summed E-state index contributed by atoms with van der Waals surface area (Å²) < 4.78 is 0. The summed E-state index contributed by atoms with van der Waals surface area (Å²) in [6, 6.07) is -0.304. The van der Waals surface area contributed by atoms with Crippen LogP contribution >= 0.6 is 0 Å². The van der Waals surface area contributed by atoms with E-state index in [1.807, 2.05) is 13.8 Å². The topological polar surface area (TPSA) is 86.6 Å². The zero-order valence-corrected chi connectivity index (χ0v) is 11.8. The second kappa shape index (κ2) is 6.89. The van der Waals surface area contributed by atoms with Gasteiger partial charge in [0, 0.05) is 6.42 Å². The normalized spacial score (nSPS) is 20.0. The Balaban J connectivity index is 2.64. The predicted octanol–water partition coefficient (Wildman–Crippen LogP) is 1.54. The number of rotatable bonds is 6. The zero-order chi connectivity index (χ0) is 14.5. The van der Waals surface area contributed by atoms with Gasteiger partial charge in [-0.05, 0) is 18.8 Å². The van der Waals surface area contributed by atoms with E-state index < -0.39 is 11.4 Å². The summed E-state index contributed by atoms with van der Waals surface area (Å²) in [6.07, 6.45) is 3.94. The molecule has 0 bridgehead atoms. The van der Waals surface area contributed by atoms with Crippen molar-refractivity contribution in [2.45, 2.75) is 58.4 Å². The minimum atomic E-state index is -0.903. The Morgan fingerprint density at radius 2 is 1.79 bits per heavy atom. The fraction of sp³-hybridized carbons (Fsp3) is 0.857. The average Bonchev–Trinajstić information content (AvgIpc) is 2.36. The van der Waals surface area contributed by atoms with Crippen LogP contribution in [0, 0.1) is 11.3 Å². The van der Waals surface area contributed by atoms with E-state index in [0.29, 0.717) is 12.8 Å². The molecule has 1 aliphatic rings. The summed E-state index contributed by atoms with van der Waals surface area (Å²) in [4.78, 5) is 23.5. The molecule has 3 N–H and O–H groups in total. The van der Waals surface area contributed by atoms with Gasteiger partial charge >= 0.3 is 5.97 Å². The van der Waals surface area contributed by atoms with Crippen molar-refractivity contribution >= 4 is 11.9 Å². The number of aliphatic hydroxyl groups excluding tert-OH is 1. The van der Waals surface area contributed by atoms with E-state index in [4.69, 9.17) is 0 Å². The largest absolute Gasteiger partial charge is 0.481 e. The molecule has 0 aliphatic heterocycles. The van der Waals surface area contributed by atoms with E-state index in [9.17, 15) is 19.8 Å². The Morgan fingerprint density at radius 1 is 1.21 bits per heavy atom. The maximum atomic E-state index is 12.0. The number of carbonyl (C=O) groups is 2. The molecule has 1 fully saturated rings. The number of hydrogen-bond acceptors (Lipinski definition) is 3. The third kappa shape index (κ3) is 4.20. The van der Waals surface area contributed by atoms with Crippen LogP contribution in [0.4, 0.5) is 0 Å². The van der Waals surface area contributed by atoms with Crippen molar-refractivity contribution in [3.63, 3.8) is 0 Å². The first-order valence-electron chi connectivity index (χ1n) is 7.05. The summed E-state index contributed by atoms with van der Waals surface area (Å²) >= 11 is 0. The number of hydrogen-bond donors (Lipinski definition) is 3. The first kappa shape index (κ1) is 16.0. The molecule has 0 aromatic rings. The molecule has 0 saturated heterocycles. The van der Waals surface area contributed by atoms with Crippen LogP contribution in [0.15, 0.2) is 0 Å². The SMILES string of the molecule is CC(C)[C@@H](CO)NC(=O)CC1(C(=O)O)CCCCC1. The van der Waals surface area contributed by atoms with Gasteiger partial charge in [0.05, 0.1) is 18.1 Å². The molecule has 0 unspecified atom stereocenters. The molecule has 1 amide bonds. The standard InChI is InChI=1S/C14H25NO4/c1-10(2)11(9-16)15-12(17)8-14(13(18)19)6-4-3-5-7-14/h10-11,16H,3-9H2,1-2H3,(H,15,17)(H,18,19)/t11-/m1/s1. The Kier molecular flexibility index (Phi) is 5.79. The van der Waals surface area contributed by atoms with Crippen molar-refractivity contribution in [1.29, 1.82) is 0 Å². The lowest BCUT2D eigenvalue weighted by Gasteiger charge is -2.33. The zero-order valence-electron chi connectivity index (χ0n) is 11.8. The molecule has 19 heavy (non-hydrogen) atoms. The van der Waals surface area contributed by atoms with Crippen LogP contribution in [0.3, 0.4) is 0 Å². The van der Waals surface area contributed by atoms with Crippen molar-refractivity contribution in [1.82, 2.24) is 5.32 Å². The molecule has 5 nitrogen and oxygen atoms in total. The first-order chi connectivity index (χ1) is 8.91. The summed E-state index contributed by atoms with van der Waals surface area (Å²) in [7, 11) is 0. The van der Waals surface area contributed by atoms with Gasteiger partial charge in [0.15, 0.2) is 0 Å². The van der Waals surface area contributed by atoms with Gasteiger partial charge in [0.1, 0.15) is 0 Å². The Bertz CT molecular complexity index is 321. The lowest BCUT2D eigenvalue weighted by molar-refractivity contribution is -0.154. The summed E-state index contributed by atoms with van der Waals surface area (Å²) in [6.45, 7) is 3.70. The highest BCUT2D eigenvalue weighted by atomic mass is 16.4. The van der Waals surface area contributed by atoms with E-state index in [0.717, 1.165) is 19.3 Å². The molecule has 0 aromatic heterocycles. The van der Waals surface area contributed by atoms with Crippen LogP contribution in [-0.2, 0) is 9.59 Å². The van der Waals surface area contributed by atoms with Gasteiger partial charge in [0.25, 0.3) is 0 Å². The van der Waals surface area contributed by atoms with Crippen molar-refractivity contribution in [3.8, 4) is 0 Å². The lowest BCUT2D eigenvalue weighted by atomic mass is 9.71. The third-order valence-corrected chi connectivity index (χ3v) is 4.11. The number of nitrogens with one attached hydrogen (secondary N) is 1. The number of carboxylic acids is 1. The van der Waals surface area contributed by atoms with Gasteiger partial charge < -0.3 is 15.5 Å². The molecule has 5 heteroatoms. The van der Waals surface area contributed by atoms with Gasteiger partial charge in [-0.25, -0.2) is 0 Å². The van der Waals surface area contributed by atoms with Crippen molar-refractivity contribution < 1.29 is 19.8 Å². The smallest absolute Gasteiger partial charge is 0.310 e. The molecule has 1 rings (SSSR count). The molecule has 110 valence electrons. The predicted molar refractivity (Wildman–Crippen MR) is 71.6 cm³/mol. The van der Waals surface area contributed by atoms with E-state index in [1.54, 1.807) is 0 Å². The summed E-state index contributed by atoms with van der Waals surface area (Å²) in [5, 5.41) is 21.3. The highest BCUT2D eigenvalue weighted by molar-refractivity contribution is 5.85. The van der Waals surface area contributed by atoms with Crippen molar-refractivity contribution in [2.75, 3.05) is 6.61 Å². The second-order valence-corrected chi connectivity index (χ2v) is 5.92. The minimum absolute atomic E-state index is 0.0194. The van der Waals surface area contributed by atoms with Gasteiger partial charge in [-0.3, -0.25) is 9.59 Å². The Labute approximate surface area is 114 Å². The molecular weight excluding hydrogens is 246 g/mol. The second-order valence-electron chi connectivity index (χ2n) is 5.92. The molecule has 1 aliphatic carbocycles.